The highest BCUT2D eigenvalue weighted by molar-refractivity contribution is 7.89. The number of carbonyl (C=O) groups excluding carboxylic acids is 1. The van der Waals surface area contributed by atoms with Crippen LogP contribution in [0.15, 0.2) is 23.1 Å². The topological polar surface area (TPSA) is 86.7 Å². The third-order valence-corrected chi connectivity index (χ3v) is 8.46. The van der Waals surface area contributed by atoms with Crippen molar-refractivity contribution in [1.82, 2.24) is 9.62 Å². The first kappa shape index (κ1) is 21.6. The summed E-state index contributed by atoms with van der Waals surface area (Å²) in [6, 6.07) is 5.00. The SMILES string of the molecule is Cc1c(Cl)cccc1S(=O)(=O)N1CCCC(C(=O)NC2CCC(CO)CC2)C1. The third kappa shape index (κ3) is 4.70. The number of rotatable bonds is 5. The maximum absolute atomic E-state index is 13.1. The lowest BCUT2D eigenvalue weighted by molar-refractivity contribution is -0.127. The van der Waals surface area contributed by atoms with Crippen LogP contribution in [-0.4, -0.2) is 49.5 Å². The minimum Gasteiger partial charge on any atom is -0.396 e. The summed E-state index contributed by atoms with van der Waals surface area (Å²) in [5.41, 5.74) is 0.538. The van der Waals surface area contributed by atoms with Crippen LogP contribution in [0, 0.1) is 18.8 Å². The quantitative estimate of drug-likeness (QED) is 0.754. The summed E-state index contributed by atoms with van der Waals surface area (Å²) in [5.74, 6) is -0.0573. The summed E-state index contributed by atoms with van der Waals surface area (Å²) < 4.78 is 27.6. The molecule has 0 spiro atoms. The number of nitrogens with zero attached hydrogens (tertiary/aromatic N) is 1. The van der Waals surface area contributed by atoms with Gasteiger partial charge in [0.1, 0.15) is 0 Å². The van der Waals surface area contributed by atoms with E-state index < -0.39 is 10.0 Å². The lowest BCUT2D eigenvalue weighted by Gasteiger charge is -2.34. The predicted molar refractivity (Wildman–Crippen MR) is 109 cm³/mol. The van der Waals surface area contributed by atoms with Gasteiger partial charge in [-0.1, -0.05) is 17.7 Å². The lowest BCUT2D eigenvalue weighted by Crippen LogP contribution is -2.48. The molecule has 2 N–H and O–H groups in total. The fraction of sp³-hybridized carbons (Fsp3) is 0.650. The highest BCUT2D eigenvalue weighted by Gasteiger charge is 2.35. The Morgan fingerprint density at radius 3 is 2.64 bits per heavy atom. The zero-order chi connectivity index (χ0) is 20.3. The van der Waals surface area contributed by atoms with Gasteiger partial charge in [0.15, 0.2) is 0 Å². The van der Waals surface area contributed by atoms with Crippen LogP contribution >= 0.6 is 11.6 Å². The molecule has 1 amide bonds. The van der Waals surface area contributed by atoms with Crippen LogP contribution in [0.2, 0.25) is 5.02 Å². The van der Waals surface area contributed by atoms with Gasteiger partial charge in [-0.25, -0.2) is 8.42 Å². The number of hydrogen-bond donors (Lipinski definition) is 2. The lowest BCUT2D eigenvalue weighted by atomic mass is 9.86. The van der Waals surface area contributed by atoms with Gasteiger partial charge < -0.3 is 10.4 Å². The van der Waals surface area contributed by atoms with Crippen molar-refractivity contribution < 1.29 is 18.3 Å². The van der Waals surface area contributed by atoms with Crippen molar-refractivity contribution in [3.8, 4) is 0 Å². The Hall–Kier alpha value is -1.15. The van der Waals surface area contributed by atoms with Gasteiger partial charge in [-0.2, -0.15) is 4.31 Å². The number of amides is 1. The number of hydrogen-bond acceptors (Lipinski definition) is 4. The van der Waals surface area contributed by atoms with Crippen molar-refractivity contribution in [2.45, 2.75) is 56.4 Å². The summed E-state index contributed by atoms with van der Waals surface area (Å²) in [5, 5.41) is 12.8. The van der Waals surface area contributed by atoms with Crippen LogP contribution < -0.4 is 5.32 Å². The summed E-state index contributed by atoms with van der Waals surface area (Å²) in [7, 11) is -3.68. The largest absolute Gasteiger partial charge is 0.396 e. The van der Waals surface area contributed by atoms with Gasteiger partial charge in [0.2, 0.25) is 15.9 Å². The first-order valence-corrected chi connectivity index (χ1v) is 11.8. The molecule has 0 bridgehead atoms. The van der Waals surface area contributed by atoms with Crippen LogP contribution in [0.1, 0.15) is 44.1 Å². The molecule has 3 rings (SSSR count). The molecule has 1 aliphatic carbocycles. The molecular formula is C20H29ClN2O4S. The summed E-state index contributed by atoms with van der Waals surface area (Å²) in [4.78, 5) is 13.0. The monoisotopic (exact) mass is 428 g/mol. The van der Waals surface area contributed by atoms with Crippen LogP contribution in [0.5, 0.6) is 0 Å². The number of carbonyl (C=O) groups is 1. The van der Waals surface area contributed by atoms with Gasteiger partial charge >= 0.3 is 0 Å². The van der Waals surface area contributed by atoms with Gasteiger partial charge in [0.25, 0.3) is 0 Å². The minimum absolute atomic E-state index is 0.0600. The Morgan fingerprint density at radius 2 is 1.96 bits per heavy atom. The molecular weight excluding hydrogens is 400 g/mol. The van der Waals surface area contributed by atoms with Crippen LogP contribution in [-0.2, 0) is 14.8 Å². The Morgan fingerprint density at radius 1 is 1.25 bits per heavy atom. The fourth-order valence-corrected chi connectivity index (χ4v) is 6.19. The minimum atomic E-state index is -3.68. The van der Waals surface area contributed by atoms with Crippen molar-refractivity contribution in [2.24, 2.45) is 11.8 Å². The maximum atomic E-state index is 13.1. The number of piperidine rings is 1. The van der Waals surface area contributed by atoms with E-state index in [0.717, 1.165) is 25.7 Å². The average Bonchev–Trinajstić information content (AvgIpc) is 2.70. The van der Waals surface area contributed by atoms with E-state index in [2.05, 4.69) is 5.32 Å². The van der Waals surface area contributed by atoms with Crippen LogP contribution in [0.25, 0.3) is 0 Å². The van der Waals surface area contributed by atoms with Gasteiger partial charge in [-0.3, -0.25) is 4.79 Å². The van der Waals surface area contributed by atoms with E-state index >= 15 is 0 Å². The molecule has 2 fully saturated rings. The van der Waals surface area contributed by atoms with E-state index in [1.807, 2.05) is 0 Å². The average molecular weight is 429 g/mol. The Balaban J connectivity index is 1.65. The van der Waals surface area contributed by atoms with Crippen molar-refractivity contribution in [3.05, 3.63) is 28.8 Å². The smallest absolute Gasteiger partial charge is 0.243 e. The standard InChI is InChI=1S/C20H29ClN2O4S/c1-14-18(21)5-2-6-19(14)28(26,27)23-11-3-4-16(12-23)20(25)22-17-9-7-15(13-24)8-10-17/h2,5-6,15-17,24H,3-4,7-13H2,1H3,(H,22,25). The molecule has 1 unspecified atom stereocenters. The molecule has 1 heterocycles. The molecule has 1 saturated heterocycles. The second-order valence-electron chi connectivity index (χ2n) is 7.97. The van der Waals surface area contributed by atoms with Crippen molar-refractivity contribution >= 4 is 27.5 Å². The summed E-state index contributed by atoms with van der Waals surface area (Å²) in [6.45, 7) is 2.52. The van der Waals surface area contributed by atoms with Gasteiger partial charge in [0, 0.05) is 30.8 Å². The molecule has 1 atom stereocenters. The second-order valence-corrected chi connectivity index (χ2v) is 10.3. The number of benzene rings is 1. The Labute approximate surface area is 172 Å². The number of halogens is 1. The molecule has 2 aliphatic rings. The van der Waals surface area contributed by atoms with E-state index in [1.165, 1.54) is 4.31 Å². The summed E-state index contributed by atoms with van der Waals surface area (Å²) in [6.07, 6.45) is 4.93. The number of sulfonamides is 1. The van der Waals surface area contributed by atoms with Crippen molar-refractivity contribution in [3.63, 3.8) is 0 Å². The van der Waals surface area contributed by atoms with Gasteiger partial charge in [0.05, 0.1) is 10.8 Å². The van der Waals surface area contributed by atoms with E-state index in [4.69, 9.17) is 11.6 Å². The van der Waals surface area contributed by atoms with Crippen LogP contribution in [0.3, 0.4) is 0 Å². The highest BCUT2D eigenvalue weighted by Crippen LogP contribution is 2.29. The number of aliphatic hydroxyl groups is 1. The molecule has 0 aromatic heterocycles. The molecule has 0 radical (unpaired) electrons. The molecule has 6 nitrogen and oxygen atoms in total. The molecule has 1 aliphatic heterocycles. The first-order chi connectivity index (χ1) is 13.3. The normalized spacial score (nSPS) is 26.8. The fourth-order valence-electron chi connectivity index (χ4n) is 4.19. The highest BCUT2D eigenvalue weighted by atomic mass is 35.5. The Kier molecular flexibility index (Phi) is 7.02. The first-order valence-electron chi connectivity index (χ1n) is 9.99. The molecule has 156 valence electrons. The third-order valence-electron chi connectivity index (χ3n) is 6.04. The molecule has 28 heavy (non-hydrogen) atoms. The van der Waals surface area contributed by atoms with E-state index in [9.17, 15) is 18.3 Å². The van der Waals surface area contributed by atoms with Crippen molar-refractivity contribution in [1.29, 1.82) is 0 Å². The predicted octanol–water partition coefficient (Wildman–Crippen LogP) is 2.72. The maximum Gasteiger partial charge on any atom is 0.243 e. The van der Waals surface area contributed by atoms with Crippen molar-refractivity contribution in [2.75, 3.05) is 19.7 Å². The molecule has 1 saturated carbocycles. The molecule has 1 aromatic rings. The Bertz CT molecular complexity index is 806. The second kappa shape index (κ2) is 9.11. The van der Waals surface area contributed by atoms with E-state index in [0.29, 0.717) is 35.9 Å². The van der Waals surface area contributed by atoms with E-state index in [1.54, 1.807) is 25.1 Å². The van der Waals surface area contributed by atoms with Crippen LogP contribution in [0.4, 0.5) is 0 Å². The zero-order valence-corrected chi connectivity index (χ0v) is 17.8. The molecule has 8 heteroatoms. The number of aliphatic hydroxyl groups excluding tert-OH is 1. The van der Waals surface area contributed by atoms with E-state index in [-0.39, 0.29) is 35.9 Å². The summed E-state index contributed by atoms with van der Waals surface area (Å²) >= 11 is 6.10. The number of nitrogens with one attached hydrogen (secondary N) is 1. The van der Waals surface area contributed by atoms with Gasteiger partial charge in [-0.15, -0.1) is 0 Å². The van der Waals surface area contributed by atoms with Gasteiger partial charge in [-0.05, 0) is 69.1 Å². The molecule has 1 aromatic carbocycles. The zero-order valence-electron chi connectivity index (χ0n) is 16.2.